The lowest BCUT2D eigenvalue weighted by Gasteiger charge is -2.07. The van der Waals surface area contributed by atoms with Gasteiger partial charge in [-0.1, -0.05) is 45.7 Å². The summed E-state index contributed by atoms with van der Waals surface area (Å²) in [4.78, 5) is 10.8. The molecule has 5 heteroatoms. The van der Waals surface area contributed by atoms with Crippen molar-refractivity contribution in [2.75, 3.05) is 0 Å². The topological polar surface area (TPSA) is 46.5 Å². The summed E-state index contributed by atoms with van der Waals surface area (Å²) < 4.78 is 6.34. The number of carboxylic acids is 1. The molecule has 0 saturated heterocycles. The van der Waals surface area contributed by atoms with Crippen molar-refractivity contribution in [1.82, 2.24) is 0 Å². The highest BCUT2D eigenvalue weighted by molar-refractivity contribution is 9.10. The first-order chi connectivity index (χ1) is 9.56. The molecule has 0 amide bonds. The van der Waals surface area contributed by atoms with Crippen LogP contribution in [0, 0.1) is 0 Å². The molecule has 0 aliphatic carbocycles. The lowest BCUT2D eigenvalue weighted by atomic mass is 10.1. The quantitative estimate of drug-likeness (QED) is 0.858. The predicted molar refractivity (Wildman–Crippen MR) is 81.0 cm³/mol. The summed E-state index contributed by atoms with van der Waals surface area (Å²) in [6, 6.07) is 12.3. The van der Waals surface area contributed by atoms with Crippen LogP contribution in [0.5, 0.6) is 0 Å². The average Bonchev–Trinajstić information content (AvgIpc) is 2.42. The first-order valence-corrected chi connectivity index (χ1v) is 7.07. The van der Waals surface area contributed by atoms with Crippen molar-refractivity contribution in [3.05, 3.63) is 68.7 Å². The summed E-state index contributed by atoms with van der Waals surface area (Å²) in [5.74, 6) is -0.945. The van der Waals surface area contributed by atoms with Gasteiger partial charge in [-0.3, -0.25) is 0 Å². The number of ether oxygens (including phenoxy) is 1. The Morgan fingerprint density at radius 1 is 1.15 bits per heavy atom. The Kier molecular flexibility index (Phi) is 5.17. The Labute approximate surface area is 130 Å². The normalized spacial score (nSPS) is 10.5. The highest BCUT2D eigenvalue weighted by Crippen LogP contribution is 2.20. The molecule has 0 radical (unpaired) electrons. The van der Waals surface area contributed by atoms with Crippen LogP contribution in [0.1, 0.15) is 21.5 Å². The van der Waals surface area contributed by atoms with E-state index in [4.69, 9.17) is 21.4 Å². The maximum atomic E-state index is 10.8. The van der Waals surface area contributed by atoms with E-state index in [2.05, 4.69) is 15.9 Å². The van der Waals surface area contributed by atoms with Gasteiger partial charge in [0.05, 0.1) is 18.8 Å². The minimum atomic E-state index is -0.945. The van der Waals surface area contributed by atoms with Gasteiger partial charge in [0.25, 0.3) is 0 Å². The molecule has 0 heterocycles. The van der Waals surface area contributed by atoms with Crippen molar-refractivity contribution in [3.8, 4) is 0 Å². The van der Waals surface area contributed by atoms with E-state index < -0.39 is 5.97 Å². The molecule has 0 atom stereocenters. The number of hydrogen-bond acceptors (Lipinski definition) is 2. The SMILES string of the molecule is O=C(O)c1ccc(COCc2ccc(Cl)cc2)c(Br)c1. The van der Waals surface area contributed by atoms with Crippen LogP contribution in [0.2, 0.25) is 5.02 Å². The number of halogens is 2. The predicted octanol–water partition coefficient (Wildman–Crippen LogP) is 4.52. The van der Waals surface area contributed by atoms with Crippen LogP contribution >= 0.6 is 27.5 Å². The number of benzene rings is 2. The third-order valence-electron chi connectivity index (χ3n) is 2.74. The second kappa shape index (κ2) is 6.88. The zero-order valence-electron chi connectivity index (χ0n) is 10.5. The van der Waals surface area contributed by atoms with Gasteiger partial charge in [-0.2, -0.15) is 0 Å². The molecular weight excluding hydrogens is 344 g/mol. The lowest BCUT2D eigenvalue weighted by molar-refractivity contribution is 0.0696. The van der Waals surface area contributed by atoms with E-state index in [-0.39, 0.29) is 5.56 Å². The van der Waals surface area contributed by atoms with Gasteiger partial charge in [0.15, 0.2) is 0 Å². The summed E-state index contributed by atoms with van der Waals surface area (Å²) in [5.41, 5.74) is 2.19. The van der Waals surface area contributed by atoms with Gasteiger partial charge < -0.3 is 9.84 Å². The average molecular weight is 356 g/mol. The molecule has 0 unspecified atom stereocenters. The van der Waals surface area contributed by atoms with Crippen molar-refractivity contribution in [1.29, 1.82) is 0 Å². The number of hydrogen-bond donors (Lipinski definition) is 1. The molecule has 2 aromatic carbocycles. The molecule has 0 bridgehead atoms. The van der Waals surface area contributed by atoms with Crippen molar-refractivity contribution in [3.63, 3.8) is 0 Å². The van der Waals surface area contributed by atoms with Crippen LogP contribution in [0.15, 0.2) is 46.9 Å². The van der Waals surface area contributed by atoms with Crippen LogP contribution in [0.25, 0.3) is 0 Å². The van der Waals surface area contributed by atoms with Crippen molar-refractivity contribution in [2.24, 2.45) is 0 Å². The van der Waals surface area contributed by atoms with E-state index in [0.717, 1.165) is 15.6 Å². The highest BCUT2D eigenvalue weighted by atomic mass is 79.9. The summed E-state index contributed by atoms with van der Waals surface area (Å²) in [6.45, 7) is 0.882. The standard InChI is InChI=1S/C15H12BrClO3/c16-14-7-11(15(18)19)3-4-12(14)9-20-8-10-1-5-13(17)6-2-10/h1-7H,8-9H2,(H,18,19). The molecule has 3 nitrogen and oxygen atoms in total. The molecule has 104 valence electrons. The smallest absolute Gasteiger partial charge is 0.335 e. The minimum Gasteiger partial charge on any atom is -0.478 e. The third-order valence-corrected chi connectivity index (χ3v) is 3.73. The summed E-state index contributed by atoms with van der Waals surface area (Å²) in [7, 11) is 0. The van der Waals surface area contributed by atoms with Gasteiger partial charge >= 0.3 is 5.97 Å². The van der Waals surface area contributed by atoms with Gasteiger partial charge in [-0.15, -0.1) is 0 Å². The fraction of sp³-hybridized carbons (Fsp3) is 0.133. The first kappa shape index (κ1) is 15.0. The molecule has 20 heavy (non-hydrogen) atoms. The maximum absolute atomic E-state index is 10.8. The zero-order chi connectivity index (χ0) is 14.5. The van der Waals surface area contributed by atoms with Crippen LogP contribution < -0.4 is 0 Å². The van der Waals surface area contributed by atoms with Crippen molar-refractivity contribution in [2.45, 2.75) is 13.2 Å². The minimum absolute atomic E-state index is 0.248. The number of aromatic carboxylic acids is 1. The Morgan fingerprint density at radius 3 is 2.45 bits per heavy atom. The van der Waals surface area contributed by atoms with Crippen LogP contribution in [0.4, 0.5) is 0 Å². The van der Waals surface area contributed by atoms with Crippen molar-refractivity contribution < 1.29 is 14.6 Å². The first-order valence-electron chi connectivity index (χ1n) is 5.90. The van der Waals surface area contributed by atoms with Gasteiger partial charge in [-0.25, -0.2) is 4.79 Å². The van der Waals surface area contributed by atoms with E-state index >= 15 is 0 Å². The van der Waals surface area contributed by atoms with Gasteiger partial charge in [0, 0.05) is 9.50 Å². The Balaban J connectivity index is 1.94. The molecule has 2 rings (SSSR count). The van der Waals surface area contributed by atoms with Gasteiger partial charge in [0.1, 0.15) is 0 Å². The summed E-state index contributed by atoms with van der Waals surface area (Å²) in [6.07, 6.45) is 0. The molecule has 0 aromatic heterocycles. The fourth-order valence-electron chi connectivity index (χ4n) is 1.66. The number of rotatable bonds is 5. The molecule has 0 saturated carbocycles. The monoisotopic (exact) mass is 354 g/mol. The Hall–Kier alpha value is -1.36. The maximum Gasteiger partial charge on any atom is 0.335 e. The van der Waals surface area contributed by atoms with Crippen LogP contribution in [0.3, 0.4) is 0 Å². The fourth-order valence-corrected chi connectivity index (χ4v) is 2.28. The summed E-state index contributed by atoms with van der Waals surface area (Å²) in [5, 5.41) is 9.58. The highest BCUT2D eigenvalue weighted by Gasteiger charge is 2.06. The second-order valence-electron chi connectivity index (χ2n) is 4.23. The molecular formula is C15H12BrClO3. The number of carboxylic acid groups (broad SMARTS) is 1. The van der Waals surface area contributed by atoms with E-state index in [1.807, 2.05) is 24.3 Å². The Morgan fingerprint density at radius 2 is 1.85 bits per heavy atom. The van der Waals surface area contributed by atoms with Gasteiger partial charge in [0.2, 0.25) is 0 Å². The Bertz CT molecular complexity index is 611. The van der Waals surface area contributed by atoms with Crippen LogP contribution in [-0.4, -0.2) is 11.1 Å². The van der Waals surface area contributed by atoms with E-state index in [9.17, 15) is 4.79 Å². The zero-order valence-corrected chi connectivity index (χ0v) is 12.8. The van der Waals surface area contributed by atoms with Crippen LogP contribution in [-0.2, 0) is 18.0 Å². The van der Waals surface area contributed by atoms with E-state index in [0.29, 0.717) is 18.2 Å². The lowest BCUT2D eigenvalue weighted by Crippen LogP contribution is -1.99. The number of carbonyl (C=O) groups is 1. The largest absolute Gasteiger partial charge is 0.478 e. The molecule has 0 aliphatic heterocycles. The third kappa shape index (κ3) is 4.07. The molecule has 0 spiro atoms. The molecule has 0 aliphatic rings. The van der Waals surface area contributed by atoms with E-state index in [1.54, 1.807) is 18.2 Å². The molecule has 1 N–H and O–H groups in total. The second-order valence-corrected chi connectivity index (χ2v) is 5.52. The van der Waals surface area contributed by atoms with Crippen molar-refractivity contribution >= 4 is 33.5 Å². The van der Waals surface area contributed by atoms with E-state index in [1.165, 1.54) is 0 Å². The molecule has 2 aromatic rings. The summed E-state index contributed by atoms with van der Waals surface area (Å²) >= 11 is 9.16. The molecule has 0 fully saturated rings. The van der Waals surface area contributed by atoms with Gasteiger partial charge in [-0.05, 0) is 35.4 Å².